The highest BCUT2D eigenvalue weighted by molar-refractivity contribution is 9.10. The zero-order chi connectivity index (χ0) is 22.7. The summed E-state index contributed by atoms with van der Waals surface area (Å²) in [5.74, 6) is 0. The van der Waals surface area contributed by atoms with E-state index in [9.17, 15) is 10.1 Å². The normalized spacial score (nSPS) is 12.2. The van der Waals surface area contributed by atoms with Crippen LogP contribution in [0.3, 0.4) is 0 Å². The van der Waals surface area contributed by atoms with Crippen LogP contribution in [-0.2, 0) is 0 Å². The average Bonchev–Trinajstić information content (AvgIpc) is 3.17. The van der Waals surface area contributed by atoms with E-state index in [-0.39, 0.29) is 10.6 Å². The van der Waals surface area contributed by atoms with Crippen LogP contribution in [0.15, 0.2) is 86.9 Å². The summed E-state index contributed by atoms with van der Waals surface area (Å²) >= 11 is 4.93. The second kappa shape index (κ2) is 9.37. The Morgan fingerprint density at radius 3 is 2.66 bits per heavy atom. The summed E-state index contributed by atoms with van der Waals surface area (Å²) in [4.78, 5) is 20.5. The van der Waals surface area contributed by atoms with Crippen LogP contribution in [0.5, 0.6) is 0 Å². The Morgan fingerprint density at radius 1 is 1.19 bits per heavy atom. The number of rotatable bonds is 5. The number of halogens is 1. The molecule has 0 saturated heterocycles. The van der Waals surface area contributed by atoms with Gasteiger partial charge in [0, 0.05) is 38.8 Å². The van der Waals surface area contributed by atoms with Gasteiger partial charge in [0.1, 0.15) is 0 Å². The Balaban J connectivity index is 1.88. The molecule has 0 fully saturated rings. The van der Waals surface area contributed by atoms with Gasteiger partial charge in [-0.25, -0.2) is 9.67 Å². The summed E-state index contributed by atoms with van der Waals surface area (Å²) in [6, 6.07) is 16.8. The van der Waals surface area contributed by atoms with Gasteiger partial charge in [0.2, 0.25) is 4.80 Å². The third-order valence-corrected chi connectivity index (χ3v) is 6.11. The quantitative estimate of drug-likeness (QED) is 0.186. The molecule has 2 aromatic heterocycles. The number of thiazole rings is 1. The van der Waals surface area contributed by atoms with Gasteiger partial charge < -0.3 is 0 Å². The van der Waals surface area contributed by atoms with Crippen molar-refractivity contribution in [1.29, 1.82) is 0 Å². The first-order valence-electron chi connectivity index (χ1n) is 9.64. The largest absolute Gasteiger partial charge is 0.272 e. The number of benzene rings is 2. The Hall–Kier alpha value is -3.43. The number of hydrogen-bond acceptors (Lipinski definition) is 6. The van der Waals surface area contributed by atoms with E-state index in [0.29, 0.717) is 27.3 Å². The maximum atomic E-state index is 11.4. The van der Waals surface area contributed by atoms with Crippen LogP contribution < -0.4 is 4.80 Å². The number of nitro groups is 1. The number of aromatic nitrogens is 2. The molecule has 32 heavy (non-hydrogen) atoms. The van der Waals surface area contributed by atoms with Gasteiger partial charge in [-0.15, -0.1) is 11.3 Å². The predicted molar refractivity (Wildman–Crippen MR) is 130 cm³/mol. The van der Waals surface area contributed by atoms with Gasteiger partial charge in [0.25, 0.3) is 5.69 Å². The van der Waals surface area contributed by atoms with Gasteiger partial charge in [0.05, 0.1) is 28.2 Å². The van der Waals surface area contributed by atoms with E-state index in [4.69, 9.17) is 10.1 Å². The fourth-order valence-electron chi connectivity index (χ4n) is 3.06. The maximum Gasteiger partial charge on any atom is 0.272 e. The Morgan fingerprint density at radius 2 is 1.97 bits per heavy atom. The van der Waals surface area contributed by atoms with Crippen LogP contribution in [0.4, 0.5) is 11.4 Å². The summed E-state index contributed by atoms with van der Waals surface area (Å²) in [5, 5.41) is 18.2. The molecule has 4 aromatic rings. The van der Waals surface area contributed by atoms with Crippen LogP contribution in [0, 0.1) is 17.0 Å². The van der Waals surface area contributed by atoms with Crippen molar-refractivity contribution in [3.05, 3.63) is 103 Å². The fraction of sp³-hybridized carbons (Fsp3) is 0.0870. The minimum absolute atomic E-state index is 0.0702. The zero-order valence-electron chi connectivity index (χ0n) is 17.3. The summed E-state index contributed by atoms with van der Waals surface area (Å²) in [7, 11) is 0. The van der Waals surface area contributed by atoms with E-state index in [1.807, 2.05) is 54.8 Å². The minimum Gasteiger partial charge on any atom is -0.262 e. The highest BCUT2D eigenvalue weighted by Crippen LogP contribution is 2.24. The number of hydrogen-bond donors (Lipinski definition) is 0. The van der Waals surface area contributed by atoms with Crippen LogP contribution in [0.25, 0.3) is 11.3 Å². The molecule has 0 N–H and O–H groups in total. The van der Waals surface area contributed by atoms with Gasteiger partial charge in [-0.05, 0) is 38.1 Å². The van der Waals surface area contributed by atoms with Gasteiger partial charge >= 0.3 is 0 Å². The second-order valence-electron chi connectivity index (χ2n) is 6.99. The van der Waals surface area contributed by atoms with Crippen molar-refractivity contribution in [3.8, 4) is 11.3 Å². The van der Waals surface area contributed by atoms with E-state index >= 15 is 0 Å². The van der Waals surface area contributed by atoms with Crippen molar-refractivity contribution >= 4 is 44.4 Å². The van der Waals surface area contributed by atoms with E-state index < -0.39 is 0 Å². The van der Waals surface area contributed by atoms with Gasteiger partial charge in [-0.3, -0.25) is 15.1 Å². The first kappa shape index (κ1) is 21.8. The lowest BCUT2D eigenvalue weighted by Crippen LogP contribution is -2.14. The molecule has 0 unspecified atom stereocenters. The van der Waals surface area contributed by atoms with Crippen molar-refractivity contribution in [3.63, 3.8) is 0 Å². The average molecular weight is 508 g/mol. The first-order chi connectivity index (χ1) is 15.4. The van der Waals surface area contributed by atoms with Crippen molar-refractivity contribution in [2.45, 2.75) is 13.8 Å². The van der Waals surface area contributed by atoms with E-state index in [1.54, 1.807) is 36.1 Å². The maximum absolute atomic E-state index is 11.4. The zero-order valence-corrected chi connectivity index (χ0v) is 19.7. The molecule has 0 radical (unpaired) electrons. The Bertz CT molecular complexity index is 1380. The Kier molecular flexibility index (Phi) is 6.38. The smallest absolute Gasteiger partial charge is 0.262 e. The molecule has 0 amide bonds. The van der Waals surface area contributed by atoms with Crippen LogP contribution >= 0.6 is 27.3 Å². The van der Waals surface area contributed by atoms with Crippen molar-refractivity contribution in [2.75, 3.05) is 0 Å². The topological polar surface area (TPSA) is 85.7 Å². The molecule has 160 valence electrons. The molecule has 0 aliphatic carbocycles. The molecule has 0 aliphatic rings. The lowest BCUT2D eigenvalue weighted by molar-refractivity contribution is -0.385. The third-order valence-electron chi connectivity index (χ3n) is 4.77. The molecule has 9 heteroatoms. The highest BCUT2D eigenvalue weighted by atomic mass is 79.9. The van der Waals surface area contributed by atoms with Gasteiger partial charge in [0.15, 0.2) is 0 Å². The summed E-state index contributed by atoms with van der Waals surface area (Å²) in [6.45, 7) is 3.55. The monoisotopic (exact) mass is 507 g/mol. The number of pyridine rings is 1. The molecule has 0 bridgehead atoms. The van der Waals surface area contributed by atoms with E-state index in [2.05, 4.69) is 20.9 Å². The molecule has 2 heterocycles. The standard InChI is InChI=1S/C23H18BrN5O2S/c1-15-5-6-18(12-21(15)29(30)31)16(2)27-28-22(17-7-9-19(24)10-8-17)14-32-23(28)26-20-4-3-11-25-13-20/h3-14H,1-2H3. The summed E-state index contributed by atoms with van der Waals surface area (Å²) in [6.07, 6.45) is 3.38. The molecule has 7 nitrogen and oxygen atoms in total. The number of nitro benzene ring substituents is 1. The fourth-order valence-corrected chi connectivity index (χ4v) is 4.18. The molecule has 0 aliphatic heterocycles. The Labute approximate surface area is 196 Å². The van der Waals surface area contributed by atoms with E-state index in [0.717, 1.165) is 15.7 Å². The van der Waals surface area contributed by atoms with Crippen LogP contribution in [0.2, 0.25) is 0 Å². The number of nitrogens with zero attached hydrogens (tertiary/aromatic N) is 5. The van der Waals surface area contributed by atoms with Crippen molar-refractivity contribution in [1.82, 2.24) is 9.66 Å². The van der Waals surface area contributed by atoms with Crippen molar-refractivity contribution < 1.29 is 4.92 Å². The minimum atomic E-state index is -0.375. The molecule has 4 rings (SSSR count). The molecule has 0 spiro atoms. The van der Waals surface area contributed by atoms with Gasteiger partial charge in [-0.2, -0.15) is 5.10 Å². The van der Waals surface area contributed by atoms with Crippen molar-refractivity contribution in [2.24, 2.45) is 10.1 Å². The molecule has 2 aromatic carbocycles. The summed E-state index contributed by atoms with van der Waals surface area (Å²) < 4.78 is 2.75. The first-order valence-corrected chi connectivity index (χ1v) is 11.3. The predicted octanol–water partition coefficient (Wildman–Crippen LogP) is 6.10. The molecular weight excluding hydrogens is 490 g/mol. The third kappa shape index (κ3) is 4.74. The second-order valence-corrected chi connectivity index (χ2v) is 8.74. The van der Waals surface area contributed by atoms with Crippen LogP contribution in [0.1, 0.15) is 18.1 Å². The van der Waals surface area contributed by atoms with Gasteiger partial charge in [-0.1, -0.05) is 40.2 Å². The number of aryl methyl sites for hydroxylation is 1. The lowest BCUT2D eigenvalue weighted by Gasteiger charge is -2.07. The SMILES string of the molecule is CC(=Nn1c(-c2ccc(Br)cc2)csc1=Nc1cccnc1)c1ccc(C)c([N+](=O)[O-])c1. The summed E-state index contributed by atoms with van der Waals surface area (Å²) in [5.41, 5.74) is 4.55. The van der Waals surface area contributed by atoms with Crippen LogP contribution in [-0.4, -0.2) is 20.3 Å². The molecule has 0 saturated carbocycles. The molecule has 0 atom stereocenters. The molecular formula is C23H18BrN5O2S. The van der Waals surface area contributed by atoms with E-state index in [1.165, 1.54) is 11.3 Å². The highest BCUT2D eigenvalue weighted by Gasteiger charge is 2.14. The lowest BCUT2D eigenvalue weighted by atomic mass is 10.1.